The third-order valence-corrected chi connectivity index (χ3v) is 4.16. The highest BCUT2D eigenvalue weighted by atomic mass is 79.9. The molecule has 0 saturated carbocycles. The molecule has 1 unspecified atom stereocenters. The van der Waals surface area contributed by atoms with Gasteiger partial charge < -0.3 is 15.1 Å². The summed E-state index contributed by atoms with van der Waals surface area (Å²) < 4.78 is 1.04. The summed E-state index contributed by atoms with van der Waals surface area (Å²) in [5, 5.41) is 3.28. The summed E-state index contributed by atoms with van der Waals surface area (Å²) in [5.74, 6) is 0.149. The molecule has 4 nitrogen and oxygen atoms in total. The molecule has 0 spiro atoms. The van der Waals surface area contributed by atoms with E-state index in [2.05, 4.69) is 21.2 Å². The highest BCUT2D eigenvalue weighted by molar-refractivity contribution is 9.10. The smallest absolute Gasteiger partial charge is 0.245 e. The highest BCUT2D eigenvalue weighted by Crippen LogP contribution is 2.24. The van der Waals surface area contributed by atoms with Gasteiger partial charge in [0.2, 0.25) is 5.91 Å². The summed E-state index contributed by atoms with van der Waals surface area (Å²) in [4.78, 5) is 16.4. The molecule has 104 valence electrons. The lowest BCUT2D eigenvalue weighted by molar-refractivity contribution is -0.121. The third kappa shape index (κ3) is 3.35. The van der Waals surface area contributed by atoms with Crippen molar-refractivity contribution in [1.29, 1.82) is 0 Å². The number of hydrogen-bond acceptors (Lipinski definition) is 3. The fourth-order valence-corrected chi connectivity index (χ4v) is 2.62. The van der Waals surface area contributed by atoms with E-state index in [0.717, 1.165) is 29.8 Å². The lowest BCUT2D eigenvalue weighted by Gasteiger charge is -2.34. The van der Waals surface area contributed by atoms with E-state index in [1.807, 2.05) is 49.0 Å². The second-order valence-corrected chi connectivity index (χ2v) is 6.05. The Hall–Kier alpha value is -0.910. The van der Waals surface area contributed by atoms with E-state index in [1.54, 1.807) is 0 Å². The number of likely N-dealkylation sites (N-methyl/N-ethyl adjacent to an activating group) is 1. The molecule has 1 saturated heterocycles. The van der Waals surface area contributed by atoms with E-state index in [9.17, 15) is 4.79 Å². The molecule has 1 amide bonds. The first-order valence-electron chi connectivity index (χ1n) is 6.44. The minimum absolute atomic E-state index is 0.121. The van der Waals surface area contributed by atoms with Crippen LogP contribution in [0.5, 0.6) is 0 Å². The minimum Gasteiger partial charge on any atom is -0.310 e. The molecule has 0 aromatic heterocycles. The van der Waals surface area contributed by atoms with Crippen molar-refractivity contribution in [3.63, 3.8) is 0 Å². The van der Waals surface area contributed by atoms with E-state index in [4.69, 9.17) is 0 Å². The maximum Gasteiger partial charge on any atom is 0.245 e. The van der Waals surface area contributed by atoms with Gasteiger partial charge in [-0.05, 0) is 38.7 Å². The molecule has 5 heteroatoms. The zero-order valence-corrected chi connectivity index (χ0v) is 13.2. The number of hydrogen-bond donors (Lipinski definition) is 1. The second-order valence-electron chi connectivity index (χ2n) is 5.19. The number of piperazine rings is 1. The van der Waals surface area contributed by atoms with E-state index in [-0.39, 0.29) is 11.9 Å². The van der Waals surface area contributed by atoms with Crippen LogP contribution in [0.25, 0.3) is 0 Å². The predicted octanol–water partition coefficient (Wildman–Crippen LogP) is 1.62. The Kier molecular flexibility index (Phi) is 4.60. The van der Waals surface area contributed by atoms with Crippen molar-refractivity contribution in [2.24, 2.45) is 0 Å². The van der Waals surface area contributed by atoms with Crippen LogP contribution in [-0.4, -0.2) is 50.6 Å². The predicted molar refractivity (Wildman–Crippen MR) is 81.6 cm³/mol. The van der Waals surface area contributed by atoms with Gasteiger partial charge >= 0.3 is 0 Å². The summed E-state index contributed by atoms with van der Waals surface area (Å²) >= 11 is 3.53. The van der Waals surface area contributed by atoms with Gasteiger partial charge in [0.15, 0.2) is 0 Å². The van der Waals surface area contributed by atoms with E-state index < -0.39 is 0 Å². The van der Waals surface area contributed by atoms with Crippen LogP contribution < -0.4 is 10.2 Å². The van der Waals surface area contributed by atoms with Gasteiger partial charge in [0, 0.05) is 29.8 Å². The molecule has 1 heterocycles. The molecule has 19 heavy (non-hydrogen) atoms. The van der Waals surface area contributed by atoms with E-state index in [1.165, 1.54) is 5.56 Å². The number of carbonyl (C=O) groups excluding carboxylic acids is 1. The first kappa shape index (κ1) is 14.5. The Morgan fingerprint density at radius 2 is 2.21 bits per heavy atom. The molecule has 1 aromatic rings. The van der Waals surface area contributed by atoms with Crippen LogP contribution in [0.2, 0.25) is 0 Å². The molecule has 0 bridgehead atoms. The zero-order chi connectivity index (χ0) is 14.0. The molecule has 1 aromatic carbocycles. The first-order valence-corrected chi connectivity index (χ1v) is 7.24. The molecule has 1 N–H and O–H groups in total. The van der Waals surface area contributed by atoms with Gasteiger partial charge in [0.05, 0.1) is 0 Å². The molecule has 1 atom stereocenters. The lowest BCUT2D eigenvalue weighted by atomic mass is 10.1. The molecule has 1 fully saturated rings. The molecule has 1 aliphatic rings. The number of carbonyl (C=O) groups is 1. The first-order chi connectivity index (χ1) is 8.99. The Balaban J connectivity index is 2.19. The van der Waals surface area contributed by atoms with Crippen LogP contribution in [0, 0.1) is 6.92 Å². The average Bonchev–Trinajstić information content (AvgIpc) is 2.35. The highest BCUT2D eigenvalue weighted by Gasteiger charge is 2.29. The standard InChI is InChI=1S/C14H20BrN3O/c1-10-4-5-11(8-12(10)15)18-7-6-16-13(14(18)19)9-17(2)3/h4-5,8,13,16H,6-7,9H2,1-3H3. The van der Waals surface area contributed by atoms with Crippen molar-refractivity contribution in [1.82, 2.24) is 10.2 Å². The topological polar surface area (TPSA) is 35.6 Å². The Morgan fingerprint density at radius 3 is 2.84 bits per heavy atom. The zero-order valence-electron chi connectivity index (χ0n) is 11.6. The SMILES string of the molecule is Cc1ccc(N2CCNC(CN(C)C)C2=O)cc1Br. The summed E-state index contributed by atoms with van der Waals surface area (Å²) in [7, 11) is 3.97. The molecule has 2 rings (SSSR count). The van der Waals surface area contributed by atoms with Crippen molar-refractivity contribution in [3.8, 4) is 0 Å². The number of aryl methyl sites for hydroxylation is 1. The fraction of sp³-hybridized carbons (Fsp3) is 0.500. The van der Waals surface area contributed by atoms with Gasteiger partial charge in [-0.15, -0.1) is 0 Å². The van der Waals surface area contributed by atoms with Gasteiger partial charge in [-0.2, -0.15) is 0 Å². The van der Waals surface area contributed by atoms with Gasteiger partial charge in [-0.3, -0.25) is 4.79 Å². The quantitative estimate of drug-likeness (QED) is 0.917. The molecule has 0 aliphatic carbocycles. The number of anilines is 1. The number of benzene rings is 1. The normalized spacial score (nSPS) is 20.2. The van der Waals surface area contributed by atoms with Crippen molar-refractivity contribution in [3.05, 3.63) is 28.2 Å². The summed E-state index contributed by atoms with van der Waals surface area (Å²) in [5.41, 5.74) is 2.14. The van der Waals surface area contributed by atoms with Crippen LogP contribution in [0.15, 0.2) is 22.7 Å². The summed E-state index contributed by atoms with van der Waals surface area (Å²) in [6.45, 7) is 4.32. The second kappa shape index (κ2) is 6.03. The van der Waals surface area contributed by atoms with E-state index >= 15 is 0 Å². The van der Waals surface area contributed by atoms with Crippen LogP contribution in [0.3, 0.4) is 0 Å². The number of nitrogens with zero attached hydrogens (tertiary/aromatic N) is 2. The molecular weight excluding hydrogens is 306 g/mol. The monoisotopic (exact) mass is 325 g/mol. The molecule has 1 aliphatic heterocycles. The van der Waals surface area contributed by atoms with Crippen molar-refractivity contribution in [2.75, 3.05) is 38.6 Å². The van der Waals surface area contributed by atoms with Crippen molar-refractivity contribution >= 4 is 27.5 Å². The van der Waals surface area contributed by atoms with Crippen molar-refractivity contribution in [2.45, 2.75) is 13.0 Å². The lowest BCUT2D eigenvalue weighted by Crippen LogP contribution is -2.58. The number of nitrogens with one attached hydrogen (secondary N) is 1. The van der Waals surface area contributed by atoms with Crippen molar-refractivity contribution < 1.29 is 4.79 Å². The Bertz CT molecular complexity index is 476. The fourth-order valence-electron chi connectivity index (χ4n) is 2.25. The maximum atomic E-state index is 12.5. The number of amides is 1. The van der Waals surface area contributed by atoms with Gasteiger partial charge in [0.25, 0.3) is 0 Å². The number of rotatable bonds is 3. The van der Waals surface area contributed by atoms with Crippen LogP contribution in [0.1, 0.15) is 5.56 Å². The molecule has 0 radical (unpaired) electrons. The Labute approximate surface area is 122 Å². The maximum absolute atomic E-state index is 12.5. The van der Waals surface area contributed by atoms with Gasteiger partial charge in [-0.1, -0.05) is 22.0 Å². The largest absolute Gasteiger partial charge is 0.310 e. The average molecular weight is 326 g/mol. The minimum atomic E-state index is -0.121. The van der Waals surface area contributed by atoms with Crippen LogP contribution in [0.4, 0.5) is 5.69 Å². The molecular formula is C14H20BrN3O. The van der Waals surface area contributed by atoms with Crippen LogP contribution in [-0.2, 0) is 4.79 Å². The third-order valence-electron chi connectivity index (χ3n) is 3.31. The van der Waals surface area contributed by atoms with Crippen LogP contribution >= 0.6 is 15.9 Å². The number of halogens is 1. The Morgan fingerprint density at radius 1 is 1.47 bits per heavy atom. The summed E-state index contributed by atoms with van der Waals surface area (Å²) in [6.07, 6.45) is 0. The summed E-state index contributed by atoms with van der Waals surface area (Å²) in [6, 6.07) is 5.95. The van der Waals surface area contributed by atoms with Gasteiger partial charge in [0.1, 0.15) is 6.04 Å². The van der Waals surface area contributed by atoms with E-state index in [0.29, 0.717) is 0 Å². The van der Waals surface area contributed by atoms with Gasteiger partial charge in [-0.25, -0.2) is 0 Å².